The molecule has 0 atom stereocenters. The number of rotatable bonds is 5. The fourth-order valence-corrected chi connectivity index (χ4v) is 2.84. The van der Waals surface area contributed by atoms with E-state index in [2.05, 4.69) is 16.2 Å². The third-order valence-corrected chi connectivity index (χ3v) is 3.88. The first-order chi connectivity index (χ1) is 10.1. The first-order valence-electron chi connectivity index (χ1n) is 6.67. The van der Waals surface area contributed by atoms with Crippen molar-refractivity contribution in [1.82, 2.24) is 4.98 Å². The summed E-state index contributed by atoms with van der Waals surface area (Å²) in [6.07, 6.45) is 5.38. The van der Waals surface area contributed by atoms with Crippen LogP contribution in [0.15, 0.2) is 29.6 Å². The van der Waals surface area contributed by atoms with Crippen molar-refractivity contribution in [3.05, 3.63) is 40.9 Å². The maximum absolute atomic E-state index is 11.5. The zero-order valence-corrected chi connectivity index (χ0v) is 12.9. The van der Waals surface area contributed by atoms with Crippen molar-refractivity contribution < 1.29 is 4.79 Å². The second kappa shape index (κ2) is 6.91. The van der Waals surface area contributed by atoms with Crippen LogP contribution in [0.1, 0.15) is 25.1 Å². The molecule has 0 radical (unpaired) electrons. The Morgan fingerprint density at radius 1 is 1.52 bits per heavy atom. The molecule has 0 fully saturated rings. The minimum Gasteiger partial charge on any atom is -0.379 e. The van der Waals surface area contributed by atoms with Crippen molar-refractivity contribution in [2.24, 2.45) is 0 Å². The zero-order chi connectivity index (χ0) is 15.2. The van der Waals surface area contributed by atoms with Crippen molar-refractivity contribution >= 4 is 28.1 Å². The molecule has 1 N–H and O–H groups in total. The van der Waals surface area contributed by atoms with Crippen molar-refractivity contribution in [3.63, 3.8) is 0 Å². The lowest BCUT2D eigenvalue weighted by Crippen LogP contribution is -2.27. The van der Waals surface area contributed by atoms with Gasteiger partial charge in [-0.15, -0.1) is 17.8 Å². The van der Waals surface area contributed by atoms with Crippen LogP contribution in [-0.4, -0.2) is 17.4 Å². The van der Waals surface area contributed by atoms with Crippen LogP contribution >= 0.6 is 11.3 Å². The number of aromatic nitrogens is 1. The van der Waals surface area contributed by atoms with E-state index in [1.54, 1.807) is 11.8 Å². The van der Waals surface area contributed by atoms with Crippen LogP contribution in [0.4, 0.5) is 10.8 Å². The Kier molecular flexibility index (Phi) is 4.96. The average Bonchev–Trinajstić information content (AvgIpc) is 2.94. The lowest BCUT2D eigenvalue weighted by molar-refractivity contribution is -0.116. The molecule has 1 amide bonds. The quantitative estimate of drug-likeness (QED) is 0.863. The van der Waals surface area contributed by atoms with Crippen molar-refractivity contribution in [1.29, 1.82) is 0 Å². The SMILES string of the molecule is C#Cc1cccc(NCc2csc(N(CC)C(C)=O)n2)c1. The monoisotopic (exact) mass is 299 g/mol. The highest BCUT2D eigenvalue weighted by Gasteiger charge is 2.13. The lowest BCUT2D eigenvalue weighted by Gasteiger charge is -2.14. The van der Waals surface area contributed by atoms with Gasteiger partial charge < -0.3 is 5.32 Å². The minimum absolute atomic E-state index is 0.00748. The molecule has 0 aliphatic heterocycles. The number of hydrogen-bond donors (Lipinski definition) is 1. The molecule has 0 aliphatic carbocycles. The van der Waals surface area contributed by atoms with Gasteiger partial charge in [-0.3, -0.25) is 9.69 Å². The number of amides is 1. The van der Waals surface area contributed by atoms with E-state index < -0.39 is 0 Å². The Labute approximate surface area is 128 Å². The fourth-order valence-electron chi connectivity index (χ4n) is 1.91. The Bertz CT molecular complexity index is 672. The van der Waals surface area contributed by atoms with Crippen molar-refractivity contribution in [3.8, 4) is 12.3 Å². The third-order valence-electron chi connectivity index (χ3n) is 2.97. The van der Waals surface area contributed by atoms with Crippen LogP contribution in [0.5, 0.6) is 0 Å². The van der Waals surface area contributed by atoms with Crippen molar-refractivity contribution in [2.75, 3.05) is 16.8 Å². The molecule has 0 spiro atoms. The predicted octanol–water partition coefficient (Wildman–Crippen LogP) is 3.11. The number of benzene rings is 1. The Balaban J connectivity index is 2.03. The average molecular weight is 299 g/mol. The second-order valence-electron chi connectivity index (χ2n) is 4.46. The molecule has 0 aliphatic rings. The van der Waals surface area contributed by atoms with Gasteiger partial charge in [0, 0.05) is 30.1 Å². The molecule has 2 rings (SSSR count). The number of nitrogens with zero attached hydrogens (tertiary/aromatic N) is 2. The Hall–Kier alpha value is -2.32. The molecule has 4 nitrogen and oxygen atoms in total. The van der Waals surface area contributed by atoms with Gasteiger partial charge in [-0.25, -0.2) is 4.98 Å². The number of carbonyl (C=O) groups is 1. The molecule has 0 saturated heterocycles. The lowest BCUT2D eigenvalue weighted by atomic mass is 10.2. The predicted molar refractivity (Wildman–Crippen MR) is 87.5 cm³/mol. The number of anilines is 2. The molecule has 1 heterocycles. The molecule has 0 saturated carbocycles. The molecule has 1 aromatic carbocycles. The molecule has 0 bridgehead atoms. The summed E-state index contributed by atoms with van der Waals surface area (Å²) in [5.41, 5.74) is 2.70. The topological polar surface area (TPSA) is 45.2 Å². The number of hydrogen-bond acceptors (Lipinski definition) is 4. The summed E-state index contributed by atoms with van der Waals surface area (Å²) in [7, 11) is 0. The summed E-state index contributed by atoms with van der Waals surface area (Å²) in [5.74, 6) is 2.61. The van der Waals surface area contributed by atoms with Gasteiger partial charge >= 0.3 is 0 Å². The molecule has 5 heteroatoms. The van der Waals surface area contributed by atoms with Crippen LogP contribution in [0.2, 0.25) is 0 Å². The molecule has 108 valence electrons. The van der Waals surface area contributed by atoms with E-state index >= 15 is 0 Å². The van der Waals surface area contributed by atoms with Gasteiger partial charge in [0.15, 0.2) is 5.13 Å². The van der Waals surface area contributed by atoms with Crippen LogP contribution < -0.4 is 10.2 Å². The van der Waals surface area contributed by atoms with E-state index in [0.717, 1.165) is 22.1 Å². The third kappa shape index (κ3) is 3.83. The summed E-state index contributed by atoms with van der Waals surface area (Å²) >= 11 is 1.47. The summed E-state index contributed by atoms with van der Waals surface area (Å²) in [4.78, 5) is 17.6. The number of carbonyl (C=O) groups excluding carboxylic acids is 1. The molecular weight excluding hydrogens is 282 g/mol. The van der Waals surface area contributed by atoms with Gasteiger partial charge in [0.2, 0.25) is 5.91 Å². The largest absolute Gasteiger partial charge is 0.379 e. The highest BCUT2D eigenvalue weighted by Crippen LogP contribution is 2.21. The van der Waals surface area contributed by atoms with Gasteiger partial charge in [0.05, 0.1) is 12.2 Å². The first kappa shape index (κ1) is 15.1. The zero-order valence-electron chi connectivity index (χ0n) is 12.1. The standard InChI is InChI=1S/C16H17N3OS/c1-4-13-7-6-8-14(9-13)17-10-15-11-21-16(18-15)19(5-2)12(3)20/h1,6-9,11,17H,5,10H2,2-3H3. The van der Waals surface area contributed by atoms with E-state index in [1.807, 2.05) is 36.6 Å². The van der Waals surface area contributed by atoms with E-state index in [-0.39, 0.29) is 5.91 Å². The normalized spacial score (nSPS) is 9.95. The van der Waals surface area contributed by atoms with Crippen LogP contribution in [-0.2, 0) is 11.3 Å². The summed E-state index contributed by atoms with van der Waals surface area (Å²) in [6, 6.07) is 7.68. The first-order valence-corrected chi connectivity index (χ1v) is 7.55. The second-order valence-corrected chi connectivity index (χ2v) is 5.30. The Morgan fingerprint density at radius 2 is 2.33 bits per heavy atom. The molecule has 2 aromatic rings. The van der Waals surface area contributed by atoms with Gasteiger partial charge in [0.25, 0.3) is 0 Å². The number of nitrogens with one attached hydrogen (secondary N) is 1. The molecular formula is C16H17N3OS. The summed E-state index contributed by atoms with van der Waals surface area (Å²) in [5, 5.41) is 5.97. The highest BCUT2D eigenvalue weighted by molar-refractivity contribution is 7.14. The summed E-state index contributed by atoms with van der Waals surface area (Å²) < 4.78 is 0. The van der Waals surface area contributed by atoms with Gasteiger partial charge in [-0.05, 0) is 25.1 Å². The smallest absolute Gasteiger partial charge is 0.225 e. The van der Waals surface area contributed by atoms with Crippen LogP contribution in [0.3, 0.4) is 0 Å². The van der Waals surface area contributed by atoms with E-state index in [9.17, 15) is 4.79 Å². The van der Waals surface area contributed by atoms with Crippen LogP contribution in [0, 0.1) is 12.3 Å². The van der Waals surface area contributed by atoms with E-state index in [4.69, 9.17) is 6.42 Å². The summed E-state index contributed by atoms with van der Waals surface area (Å²) in [6.45, 7) is 4.71. The fraction of sp³-hybridized carbons (Fsp3) is 0.250. The highest BCUT2D eigenvalue weighted by atomic mass is 32.1. The molecule has 21 heavy (non-hydrogen) atoms. The Morgan fingerprint density at radius 3 is 3.00 bits per heavy atom. The number of terminal acetylenes is 1. The van der Waals surface area contributed by atoms with Gasteiger partial charge in [-0.2, -0.15) is 0 Å². The molecule has 1 aromatic heterocycles. The van der Waals surface area contributed by atoms with Crippen LogP contribution in [0.25, 0.3) is 0 Å². The van der Waals surface area contributed by atoms with E-state index in [0.29, 0.717) is 13.1 Å². The molecule has 0 unspecified atom stereocenters. The number of thiazole rings is 1. The maximum atomic E-state index is 11.5. The maximum Gasteiger partial charge on any atom is 0.225 e. The van der Waals surface area contributed by atoms with Gasteiger partial charge in [0.1, 0.15) is 0 Å². The van der Waals surface area contributed by atoms with Crippen molar-refractivity contribution in [2.45, 2.75) is 20.4 Å². The van der Waals surface area contributed by atoms with Gasteiger partial charge in [-0.1, -0.05) is 12.0 Å². The van der Waals surface area contributed by atoms with E-state index in [1.165, 1.54) is 11.3 Å². The minimum atomic E-state index is 0.00748.